The number of hydrogen-bond donors (Lipinski definition) is 0. The van der Waals surface area contributed by atoms with Crippen molar-refractivity contribution < 1.29 is 4.42 Å². The molecule has 0 bridgehead atoms. The molecule has 4 aromatic rings. The van der Waals surface area contributed by atoms with E-state index in [0.29, 0.717) is 11.8 Å². The summed E-state index contributed by atoms with van der Waals surface area (Å²) < 4.78 is 8.01. The minimum atomic E-state index is -0.0256. The number of nitrogens with zero attached hydrogens (tertiary/aromatic N) is 5. The van der Waals surface area contributed by atoms with Crippen LogP contribution in [0.25, 0.3) is 22.2 Å². The summed E-state index contributed by atoms with van der Waals surface area (Å²) in [6.45, 7) is 6.98. The first-order valence-corrected chi connectivity index (χ1v) is 10.5. The molecule has 0 N–H and O–H groups in total. The van der Waals surface area contributed by atoms with Crippen LogP contribution in [-0.2, 0) is 6.54 Å². The summed E-state index contributed by atoms with van der Waals surface area (Å²) in [5.74, 6) is 2.01. The molecule has 0 radical (unpaired) electrons. The van der Waals surface area contributed by atoms with E-state index in [9.17, 15) is 0 Å². The van der Waals surface area contributed by atoms with Crippen LogP contribution in [0.4, 0.5) is 0 Å². The molecule has 138 valence electrons. The topological polar surface area (TPSA) is 69.6 Å². The van der Waals surface area contributed by atoms with Crippen LogP contribution in [0.3, 0.4) is 0 Å². The summed E-state index contributed by atoms with van der Waals surface area (Å²) in [6.07, 6.45) is 0. The molecule has 8 heteroatoms. The number of thioether (sulfide) groups is 1. The van der Waals surface area contributed by atoms with Crippen LogP contribution >= 0.6 is 23.1 Å². The van der Waals surface area contributed by atoms with E-state index < -0.39 is 0 Å². The Morgan fingerprint density at radius 1 is 1.11 bits per heavy atom. The molecule has 27 heavy (non-hydrogen) atoms. The van der Waals surface area contributed by atoms with E-state index >= 15 is 0 Å². The van der Waals surface area contributed by atoms with E-state index in [-0.39, 0.29) is 5.25 Å². The average Bonchev–Trinajstić information content (AvgIpc) is 3.42. The van der Waals surface area contributed by atoms with Gasteiger partial charge in [0.05, 0.1) is 10.1 Å². The van der Waals surface area contributed by atoms with Gasteiger partial charge in [0.15, 0.2) is 11.0 Å². The van der Waals surface area contributed by atoms with Gasteiger partial charge in [-0.25, -0.2) is 0 Å². The summed E-state index contributed by atoms with van der Waals surface area (Å²) in [5, 5.41) is 20.0. The fourth-order valence-electron chi connectivity index (χ4n) is 2.67. The molecule has 3 aromatic heterocycles. The summed E-state index contributed by atoms with van der Waals surface area (Å²) >= 11 is 3.24. The first kappa shape index (κ1) is 17.9. The lowest BCUT2D eigenvalue weighted by molar-refractivity contribution is 0.508. The van der Waals surface area contributed by atoms with Crippen molar-refractivity contribution >= 4 is 23.1 Å². The third-order valence-electron chi connectivity index (χ3n) is 4.14. The third-order valence-corrected chi connectivity index (χ3v) is 6.08. The Hall–Kier alpha value is -2.45. The van der Waals surface area contributed by atoms with Crippen LogP contribution in [0, 0.1) is 6.92 Å². The molecule has 3 heterocycles. The first-order chi connectivity index (χ1) is 13.2. The quantitative estimate of drug-likeness (QED) is 0.415. The van der Waals surface area contributed by atoms with Crippen molar-refractivity contribution in [3.05, 3.63) is 53.2 Å². The van der Waals surface area contributed by atoms with Gasteiger partial charge in [0.1, 0.15) is 0 Å². The van der Waals surface area contributed by atoms with E-state index in [1.807, 2.05) is 42.6 Å². The maximum Gasteiger partial charge on any atom is 0.247 e. The van der Waals surface area contributed by atoms with Crippen LogP contribution in [-0.4, -0.2) is 25.0 Å². The maximum absolute atomic E-state index is 5.90. The largest absolute Gasteiger partial charge is 0.419 e. The molecule has 1 atom stereocenters. The van der Waals surface area contributed by atoms with Gasteiger partial charge < -0.3 is 8.98 Å². The SMILES string of the molecule is CCn1c(SC(C)c2nnc(-c3ccc(C)cc3)o2)nnc1-c1cccs1. The molecule has 0 aliphatic heterocycles. The molecular formula is C19H19N5OS2. The molecule has 0 saturated heterocycles. The summed E-state index contributed by atoms with van der Waals surface area (Å²) in [6, 6.07) is 12.1. The molecule has 0 aliphatic carbocycles. The summed E-state index contributed by atoms with van der Waals surface area (Å²) in [5.41, 5.74) is 2.12. The van der Waals surface area contributed by atoms with Gasteiger partial charge in [-0.1, -0.05) is 35.5 Å². The van der Waals surface area contributed by atoms with Crippen LogP contribution in [0.15, 0.2) is 51.4 Å². The highest BCUT2D eigenvalue weighted by atomic mass is 32.2. The maximum atomic E-state index is 5.90. The minimum Gasteiger partial charge on any atom is -0.419 e. The zero-order valence-corrected chi connectivity index (χ0v) is 16.9. The molecule has 0 fully saturated rings. The Balaban J connectivity index is 1.55. The molecule has 6 nitrogen and oxygen atoms in total. The Bertz CT molecular complexity index is 1020. The molecule has 0 saturated carbocycles. The Labute approximate surface area is 165 Å². The highest BCUT2D eigenvalue weighted by Crippen LogP contribution is 2.36. The molecule has 1 unspecified atom stereocenters. The Kier molecular flexibility index (Phi) is 5.09. The van der Waals surface area contributed by atoms with E-state index in [1.165, 1.54) is 5.56 Å². The highest BCUT2D eigenvalue weighted by Gasteiger charge is 2.21. The lowest BCUT2D eigenvalue weighted by Crippen LogP contribution is -2.00. The van der Waals surface area contributed by atoms with Crippen molar-refractivity contribution in [2.75, 3.05) is 0 Å². The number of hydrogen-bond acceptors (Lipinski definition) is 7. The average molecular weight is 398 g/mol. The van der Waals surface area contributed by atoms with E-state index in [1.54, 1.807) is 23.1 Å². The van der Waals surface area contributed by atoms with Gasteiger partial charge in [-0.15, -0.1) is 31.7 Å². The second kappa shape index (κ2) is 7.66. The second-order valence-electron chi connectivity index (χ2n) is 6.10. The van der Waals surface area contributed by atoms with E-state index in [0.717, 1.165) is 28.0 Å². The lowest BCUT2D eigenvalue weighted by atomic mass is 10.1. The minimum absolute atomic E-state index is 0.0256. The molecule has 0 amide bonds. The third kappa shape index (κ3) is 3.68. The fourth-order valence-corrected chi connectivity index (χ4v) is 4.33. The molecule has 0 spiro atoms. The van der Waals surface area contributed by atoms with Gasteiger partial charge in [-0.05, 0) is 44.4 Å². The van der Waals surface area contributed by atoms with Crippen molar-refractivity contribution in [3.8, 4) is 22.2 Å². The van der Waals surface area contributed by atoms with E-state index in [4.69, 9.17) is 4.42 Å². The predicted octanol–water partition coefficient (Wildman–Crippen LogP) is 5.24. The van der Waals surface area contributed by atoms with Gasteiger partial charge in [0.25, 0.3) is 0 Å². The van der Waals surface area contributed by atoms with E-state index in [2.05, 4.69) is 44.9 Å². The molecule has 4 rings (SSSR count). The smallest absolute Gasteiger partial charge is 0.247 e. The predicted molar refractivity (Wildman–Crippen MR) is 108 cm³/mol. The van der Waals surface area contributed by atoms with Gasteiger partial charge in [-0.3, -0.25) is 0 Å². The Morgan fingerprint density at radius 2 is 1.93 bits per heavy atom. The van der Waals surface area contributed by atoms with Gasteiger partial charge >= 0.3 is 0 Å². The normalized spacial score (nSPS) is 12.4. The zero-order valence-electron chi connectivity index (χ0n) is 15.3. The lowest BCUT2D eigenvalue weighted by Gasteiger charge is -2.08. The summed E-state index contributed by atoms with van der Waals surface area (Å²) in [4.78, 5) is 1.11. The van der Waals surface area contributed by atoms with Crippen LogP contribution in [0.2, 0.25) is 0 Å². The number of rotatable bonds is 6. The van der Waals surface area contributed by atoms with Gasteiger partial charge in [0, 0.05) is 12.1 Å². The number of aromatic nitrogens is 5. The van der Waals surface area contributed by atoms with Gasteiger partial charge in [-0.2, -0.15) is 0 Å². The standard InChI is InChI=1S/C19H19N5OS2/c1-4-24-16(15-6-5-11-26-15)20-23-19(24)27-13(3)17-21-22-18(25-17)14-9-7-12(2)8-10-14/h5-11,13H,4H2,1-3H3. The molecule has 0 aliphatic rings. The fraction of sp³-hybridized carbons (Fsp3) is 0.263. The van der Waals surface area contributed by atoms with Crippen LogP contribution in [0.1, 0.15) is 30.6 Å². The highest BCUT2D eigenvalue weighted by molar-refractivity contribution is 7.99. The zero-order chi connectivity index (χ0) is 18.8. The Morgan fingerprint density at radius 3 is 2.63 bits per heavy atom. The number of aryl methyl sites for hydroxylation is 1. The van der Waals surface area contributed by atoms with Gasteiger partial charge in [0.2, 0.25) is 11.8 Å². The first-order valence-electron chi connectivity index (χ1n) is 8.70. The van der Waals surface area contributed by atoms with Crippen molar-refractivity contribution in [2.45, 2.75) is 37.7 Å². The molecular weight excluding hydrogens is 378 g/mol. The van der Waals surface area contributed by atoms with Crippen LogP contribution in [0.5, 0.6) is 0 Å². The van der Waals surface area contributed by atoms with Crippen molar-refractivity contribution in [1.82, 2.24) is 25.0 Å². The van der Waals surface area contributed by atoms with Crippen molar-refractivity contribution in [3.63, 3.8) is 0 Å². The number of benzene rings is 1. The second-order valence-corrected chi connectivity index (χ2v) is 8.35. The number of thiophene rings is 1. The van der Waals surface area contributed by atoms with Crippen LogP contribution < -0.4 is 0 Å². The van der Waals surface area contributed by atoms with Crippen molar-refractivity contribution in [1.29, 1.82) is 0 Å². The monoisotopic (exact) mass is 397 g/mol. The summed E-state index contributed by atoms with van der Waals surface area (Å²) in [7, 11) is 0. The van der Waals surface area contributed by atoms with Crippen molar-refractivity contribution in [2.24, 2.45) is 0 Å². The molecule has 1 aromatic carbocycles.